The molecule has 0 aliphatic carbocycles. The Bertz CT molecular complexity index is 550. The number of piperidine rings is 1. The van der Waals surface area contributed by atoms with Gasteiger partial charge in [-0.2, -0.15) is 0 Å². The van der Waals surface area contributed by atoms with Gasteiger partial charge in [-0.05, 0) is 46.5 Å². The molecular formula is C18H29N3O3. The highest BCUT2D eigenvalue weighted by Gasteiger charge is 2.29. The van der Waals surface area contributed by atoms with Crippen molar-refractivity contribution in [1.82, 2.24) is 14.9 Å². The fourth-order valence-corrected chi connectivity index (χ4v) is 3.43. The zero-order valence-corrected chi connectivity index (χ0v) is 15.0. The van der Waals surface area contributed by atoms with Gasteiger partial charge in [0.1, 0.15) is 11.4 Å². The first-order chi connectivity index (χ1) is 11.4. The minimum Gasteiger partial charge on any atom is -0.444 e. The average Bonchev–Trinajstić information content (AvgIpc) is 3.04. The number of H-pyrrole nitrogens is 1. The van der Waals surface area contributed by atoms with Crippen LogP contribution in [0.3, 0.4) is 0 Å². The number of nitrogens with one attached hydrogen (secondary N) is 1. The third-order valence-electron chi connectivity index (χ3n) is 4.79. The third kappa shape index (κ3) is 4.29. The van der Waals surface area contributed by atoms with Gasteiger partial charge in [0.05, 0.1) is 5.69 Å². The second-order valence-electron chi connectivity index (χ2n) is 7.84. The molecule has 1 amide bonds. The topological polar surface area (TPSA) is 67.4 Å². The van der Waals surface area contributed by atoms with Crippen molar-refractivity contribution in [3.8, 4) is 0 Å². The number of rotatable bonds is 2. The maximum atomic E-state index is 12.1. The molecule has 0 spiro atoms. The molecule has 24 heavy (non-hydrogen) atoms. The molecule has 0 saturated carbocycles. The molecule has 1 N–H and O–H groups in total. The van der Waals surface area contributed by atoms with Crippen LogP contribution in [0.2, 0.25) is 0 Å². The molecule has 2 aliphatic heterocycles. The number of amides is 1. The lowest BCUT2D eigenvalue weighted by molar-refractivity contribution is 0.0203. The van der Waals surface area contributed by atoms with Crippen LogP contribution in [0.4, 0.5) is 4.79 Å². The summed E-state index contributed by atoms with van der Waals surface area (Å²) in [6, 6.07) is 0. The van der Waals surface area contributed by atoms with E-state index in [2.05, 4.69) is 11.2 Å². The predicted molar refractivity (Wildman–Crippen MR) is 91.2 cm³/mol. The van der Waals surface area contributed by atoms with E-state index in [9.17, 15) is 4.79 Å². The second-order valence-corrected chi connectivity index (χ2v) is 7.84. The Kier molecular flexibility index (Phi) is 5.13. The normalized spacial score (nSPS) is 21.0. The van der Waals surface area contributed by atoms with E-state index in [1.54, 1.807) is 0 Å². The van der Waals surface area contributed by atoms with Crippen LogP contribution >= 0.6 is 0 Å². The SMILES string of the molecule is CC(C)(C)OC(=O)N1CCC(c2nc(C3CCOCC3)c[nH]2)CC1. The summed E-state index contributed by atoms with van der Waals surface area (Å²) < 4.78 is 10.9. The van der Waals surface area contributed by atoms with Crippen molar-refractivity contribution in [3.63, 3.8) is 0 Å². The van der Waals surface area contributed by atoms with Gasteiger partial charge < -0.3 is 19.4 Å². The van der Waals surface area contributed by atoms with Gasteiger partial charge in [0, 0.05) is 44.3 Å². The van der Waals surface area contributed by atoms with Crippen LogP contribution < -0.4 is 0 Å². The number of nitrogens with zero attached hydrogens (tertiary/aromatic N) is 2. The number of hydrogen-bond donors (Lipinski definition) is 1. The molecule has 2 fully saturated rings. The summed E-state index contributed by atoms with van der Waals surface area (Å²) in [5.74, 6) is 1.99. The van der Waals surface area contributed by atoms with E-state index in [0.29, 0.717) is 11.8 Å². The van der Waals surface area contributed by atoms with Crippen LogP contribution in [-0.4, -0.2) is 52.9 Å². The lowest BCUT2D eigenvalue weighted by Gasteiger charge is -2.32. The highest BCUT2D eigenvalue weighted by molar-refractivity contribution is 5.68. The minimum absolute atomic E-state index is 0.205. The fourth-order valence-electron chi connectivity index (χ4n) is 3.43. The van der Waals surface area contributed by atoms with Crippen molar-refractivity contribution in [2.24, 2.45) is 0 Å². The van der Waals surface area contributed by atoms with Gasteiger partial charge in [0.15, 0.2) is 0 Å². The first-order valence-corrected chi connectivity index (χ1v) is 9.03. The standard InChI is InChI=1S/C18H29N3O3/c1-18(2,3)24-17(22)21-8-4-14(5-9-21)16-19-12-15(20-16)13-6-10-23-11-7-13/h12-14H,4-11H2,1-3H3,(H,19,20). The smallest absolute Gasteiger partial charge is 0.410 e. The van der Waals surface area contributed by atoms with E-state index in [1.165, 1.54) is 5.69 Å². The predicted octanol–water partition coefficient (Wildman–Crippen LogP) is 3.42. The summed E-state index contributed by atoms with van der Waals surface area (Å²) in [5, 5.41) is 0. The molecular weight excluding hydrogens is 306 g/mol. The highest BCUT2D eigenvalue weighted by atomic mass is 16.6. The van der Waals surface area contributed by atoms with E-state index >= 15 is 0 Å². The van der Waals surface area contributed by atoms with Crippen molar-refractivity contribution in [2.45, 2.75) is 63.9 Å². The van der Waals surface area contributed by atoms with Crippen molar-refractivity contribution < 1.29 is 14.3 Å². The average molecular weight is 335 g/mol. The van der Waals surface area contributed by atoms with E-state index in [0.717, 1.165) is 57.8 Å². The Morgan fingerprint density at radius 2 is 1.88 bits per heavy atom. The molecule has 0 bridgehead atoms. The first-order valence-electron chi connectivity index (χ1n) is 9.03. The van der Waals surface area contributed by atoms with E-state index in [-0.39, 0.29) is 6.09 Å². The number of carbonyl (C=O) groups is 1. The molecule has 0 radical (unpaired) electrons. The highest BCUT2D eigenvalue weighted by Crippen LogP contribution is 2.30. The molecule has 0 atom stereocenters. The monoisotopic (exact) mass is 335 g/mol. The van der Waals surface area contributed by atoms with Crippen molar-refractivity contribution >= 4 is 6.09 Å². The molecule has 2 saturated heterocycles. The molecule has 2 aliphatic rings. The van der Waals surface area contributed by atoms with Gasteiger partial charge in [0.25, 0.3) is 0 Å². The number of hydrogen-bond acceptors (Lipinski definition) is 4. The van der Waals surface area contributed by atoms with E-state index < -0.39 is 5.60 Å². The Morgan fingerprint density at radius 3 is 2.50 bits per heavy atom. The van der Waals surface area contributed by atoms with Crippen molar-refractivity contribution in [3.05, 3.63) is 17.7 Å². The van der Waals surface area contributed by atoms with Crippen molar-refractivity contribution in [2.75, 3.05) is 26.3 Å². The molecule has 1 aromatic heterocycles. The zero-order chi connectivity index (χ0) is 17.2. The summed E-state index contributed by atoms with van der Waals surface area (Å²) in [4.78, 5) is 22.2. The summed E-state index contributed by atoms with van der Waals surface area (Å²) in [7, 11) is 0. The summed E-state index contributed by atoms with van der Waals surface area (Å²) in [6.07, 6.45) is 5.83. The minimum atomic E-state index is -0.437. The Labute approximate surface area is 143 Å². The lowest BCUT2D eigenvalue weighted by atomic mass is 9.96. The summed E-state index contributed by atoms with van der Waals surface area (Å²) >= 11 is 0. The number of aromatic nitrogens is 2. The molecule has 134 valence electrons. The largest absolute Gasteiger partial charge is 0.444 e. The number of carbonyl (C=O) groups excluding carboxylic acids is 1. The van der Waals surface area contributed by atoms with Crippen LogP contribution in [0.1, 0.15) is 69.8 Å². The third-order valence-corrected chi connectivity index (χ3v) is 4.79. The number of aromatic amines is 1. The van der Waals surface area contributed by atoms with Gasteiger partial charge in [0.2, 0.25) is 0 Å². The van der Waals surface area contributed by atoms with Crippen LogP contribution in [0.5, 0.6) is 0 Å². The van der Waals surface area contributed by atoms with Crippen LogP contribution in [0.15, 0.2) is 6.20 Å². The van der Waals surface area contributed by atoms with Gasteiger partial charge in [-0.25, -0.2) is 9.78 Å². The van der Waals surface area contributed by atoms with Gasteiger partial charge in [-0.3, -0.25) is 0 Å². The quantitative estimate of drug-likeness (QED) is 0.899. The number of likely N-dealkylation sites (tertiary alicyclic amines) is 1. The first kappa shape index (κ1) is 17.3. The molecule has 0 unspecified atom stereocenters. The Morgan fingerprint density at radius 1 is 1.21 bits per heavy atom. The molecule has 3 heterocycles. The lowest BCUT2D eigenvalue weighted by Crippen LogP contribution is -2.41. The summed E-state index contributed by atoms with van der Waals surface area (Å²) in [6.45, 7) is 8.83. The molecule has 6 nitrogen and oxygen atoms in total. The summed E-state index contributed by atoms with van der Waals surface area (Å²) in [5.41, 5.74) is 0.732. The Balaban J connectivity index is 1.53. The van der Waals surface area contributed by atoms with Crippen LogP contribution in [-0.2, 0) is 9.47 Å². The van der Waals surface area contributed by atoms with E-state index in [1.807, 2.05) is 25.7 Å². The molecule has 6 heteroatoms. The van der Waals surface area contributed by atoms with Gasteiger partial charge >= 0.3 is 6.09 Å². The fraction of sp³-hybridized carbons (Fsp3) is 0.778. The van der Waals surface area contributed by atoms with Crippen LogP contribution in [0.25, 0.3) is 0 Å². The van der Waals surface area contributed by atoms with Gasteiger partial charge in [-0.1, -0.05) is 0 Å². The molecule has 1 aromatic rings. The molecule has 0 aromatic carbocycles. The second kappa shape index (κ2) is 7.13. The number of imidazole rings is 1. The van der Waals surface area contributed by atoms with Gasteiger partial charge in [-0.15, -0.1) is 0 Å². The maximum Gasteiger partial charge on any atom is 0.410 e. The molecule has 3 rings (SSSR count). The Hall–Kier alpha value is -1.56. The van der Waals surface area contributed by atoms with Crippen LogP contribution in [0, 0.1) is 0 Å². The zero-order valence-electron chi connectivity index (χ0n) is 15.0. The van der Waals surface area contributed by atoms with E-state index in [4.69, 9.17) is 14.5 Å². The maximum absolute atomic E-state index is 12.1. The van der Waals surface area contributed by atoms with Crippen molar-refractivity contribution in [1.29, 1.82) is 0 Å². The number of ether oxygens (including phenoxy) is 2.